The monoisotopic (exact) mass is 391 g/mol. The zero-order chi connectivity index (χ0) is 18.3. The molecule has 0 spiro atoms. The molecule has 4 N–H and O–H groups in total. The van der Waals surface area contributed by atoms with Crippen LogP contribution in [0.5, 0.6) is 0 Å². The molecule has 1 aromatic carbocycles. The first-order valence-electron chi connectivity index (χ1n) is 10.00. The highest BCUT2D eigenvalue weighted by atomic mass is 35.5. The summed E-state index contributed by atoms with van der Waals surface area (Å²) in [4.78, 5) is 24.3. The summed E-state index contributed by atoms with van der Waals surface area (Å²) in [6, 6.07) is 6.34. The molecule has 0 saturated heterocycles. The SMILES string of the molecule is CC(NC(=O)C1CC2CCCC(C1)C2N)c1ccc2c(c1)CCC(=O)N2.Cl. The highest BCUT2D eigenvalue weighted by Gasteiger charge is 2.40. The van der Waals surface area contributed by atoms with Gasteiger partial charge in [0.25, 0.3) is 0 Å². The first kappa shape index (κ1) is 20.2. The van der Waals surface area contributed by atoms with E-state index >= 15 is 0 Å². The fraction of sp³-hybridized carbons (Fsp3) is 0.619. The van der Waals surface area contributed by atoms with Crippen LogP contribution in [0.4, 0.5) is 5.69 Å². The zero-order valence-corrected chi connectivity index (χ0v) is 16.7. The molecule has 0 aromatic heterocycles. The summed E-state index contributed by atoms with van der Waals surface area (Å²) in [5.41, 5.74) is 9.50. The number of anilines is 1. The van der Waals surface area contributed by atoms with E-state index in [2.05, 4.69) is 16.7 Å². The van der Waals surface area contributed by atoms with Crippen molar-refractivity contribution in [2.45, 2.75) is 64.0 Å². The molecule has 5 nitrogen and oxygen atoms in total. The predicted octanol–water partition coefficient (Wildman–Crippen LogP) is 3.32. The lowest BCUT2D eigenvalue weighted by Gasteiger charge is -2.43. The van der Waals surface area contributed by atoms with Crippen molar-refractivity contribution in [3.8, 4) is 0 Å². The van der Waals surface area contributed by atoms with E-state index in [-0.39, 0.29) is 36.2 Å². The number of rotatable bonds is 3. The fourth-order valence-corrected chi connectivity index (χ4v) is 5.09. The summed E-state index contributed by atoms with van der Waals surface area (Å²) in [7, 11) is 0. The summed E-state index contributed by atoms with van der Waals surface area (Å²) in [5, 5.41) is 6.13. The van der Waals surface area contributed by atoms with Gasteiger partial charge in [-0.25, -0.2) is 0 Å². The molecule has 3 unspecified atom stereocenters. The lowest BCUT2D eigenvalue weighted by Crippen LogP contribution is -2.49. The van der Waals surface area contributed by atoms with Crippen molar-refractivity contribution in [1.29, 1.82) is 0 Å². The van der Waals surface area contributed by atoms with E-state index in [0.29, 0.717) is 24.3 Å². The average molecular weight is 392 g/mol. The van der Waals surface area contributed by atoms with Crippen molar-refractivity contribution in [1.82, 2.24) is 5.32 Å². The minimum Gasteiger partial charge on any atom is -0.349 e. The van der Waals surface area contributed by atoms with Gasteiger partial charge in [0, 0.05) is 24.1 Å². The highest BCUT2D eigenvalue weighted by molar-refractivity contribution is 5.93. The van der Waals surface area contributed by atoms with E-state index < -0.39 is 0 Å². The minimum atomic E-state index is -0.0270. The van der Waals surface area contributed by atoms with Crippen molar-refractivity contribution in [2.24, 2.45) is 23.5 Å². The Kier molecular flexibility index (Phi) is 6.11. The maximum Gasteiger partial charge on any atom is 0.224 e. The van der Waals surface area contributed by atoms with Crippen LogP contribution in [0.1, 0.15) is 62.6 Å². The molecule has 2 aliphatic carbocycles. The maximum absolute atomic E-state index is 12.8. The van der Waals surface area contributed by atoms with Gasteiger partial charge >= 0.3 is 0 Å². The summed E-state index contributed by atoms with van der Waals surface area (Å²) < 4.78 is 0. The van der Waals surface area contributed by atoms with Gasteiger partial charge in [-0.05, 0) is 68.1 Å². The summed E-state index contributed by atoms with van der Waals surface area (Å²) >= 11 is 0. The summed E-state index contributed by atoms with van der Waals surface area (Å²) in [6.07, 6.45) is 6.78. The number of benzene rings is 1. The predicted molar refractivity (Wildman–Crippen MR) is 109 cm³/mol. The third-order valence-corrected chi connectivity index (χ3v) is 6.67. The highest BCUT2D eigenvalue weighted by Crippen LogP contribution is 2.42. The molecule has 4 rings (SSSR count). The van der Waals surface area contributed by atoms with Crippen molar-refractivity contribution < 1.29 is 9.59 Å². The Morgan fingerprint density at radius 2 is 1.93 bits per heavy atom. The lowest BCUT2D eigenvalue weighted by atomic mass is 9.65. The van der Waals surface area contributed by atoms with E-state index in [4.69, 9.17) is 5.73 Å². The first-order chi connectivity index (χ1) is 12.5. The molecule has 2 fully saturated rings. The fourth-order valence-electron chi connectivity index (χ4n) is 5.09. The number of nitrogens with one attached hydrogen (secondary N) is 2. The molecule has 2 saturated carbocycles. The van der Waals surface area contributed by atoms with Gasteiger partial charge in [-0.1, -0.05) is 18.6 Å². The van der Waals surface area contributed by atoms with Gasteiger partial charge in [-0.3, -0.25) is 9.59 Å². The second kappa shape index (κ2) is 8.19. The molecule has 1 aliphatic heterocycles. The zero-order valence-electron chi connectivity index (χ0n) is 15.9. The van der Waals surface area contributed by atoms with E-state index in [0.717, 1.165) is 36.1 Å². The van der Waals surface area contributed by atoms with Crippen molar-refractivity contribution in [3.63, 3.8) is 0 Å². The van der Waals surface area contributed by atoms with E-state index in [9.17, 15) is 9.59 Å². The van der Waals surface area contributed by atoms with Crippen LogP contribution in [0, 0.1) is 17.8 Å². The molecule has 3 aliphatic rings. The molecule has 1 heterocycles. The smallest absolute Gasteiger partial charge is 0.224 e. The van der Waals surface area contributed by atoms with Gasteiger partial charge < -0.3 is 16.4 Å². The van der Waals surface area contributed by atoms with E-state index in [1.165, 1.54) is 19.3 Å². The van der Waals surface area contributed by atoms with Crippen molar-refractivity contribution in [3.05, 3.63) is 29.3 Å². The second-order valence-corrected chi connectivity index (χ2v) is 8.39. The molecule has 27 heavy (non-hydrogen) atoms. The molecule has 148 valence electrons. The Balaban J connectivity index is 0.00000210. The number of carbonyl (C=O) groups excluding carboxylic acids is 2. The number of hydrogen-bond donors (Lipinski definition) is 3. The number of halogens is 1. The lowest BCUT2D eigenvalue weighted by molar-refractivity contribution is -0.128. The van der Waals surface area contributed by atoms with Crippen LogP contribution in [0.2, 0.25) is 0 Å². The van der Waals surface area contributed by atoms with Crippen LogP contribution in [0.3, 0.4) is 0 Å². The second-order valence-electron chi connectivity index (χ2n) is 8.39. The molecule has 2 bridgehead atoms. The Hall–Kier alpha value is -1.59. The van der Waals surface area contributed by atoms with E-state index in [1.807, 2.05) is 19.1 Å². The molecular formula is C21H30ClN3O2. The van der Waals surface area contributed by atoms with Crippen molar-refractivity contribution >= 4 is 29.9 Å². The normalized spacial score (nSPS) is 30.4. The van der Waals surface area contributed by atoms with Crippen LogP contribution in [0.25, 0.3) is 0 Å². The van der Waals surface area contributed by atoms with Gasteiger partial charge in [-0.2, -0.15) is 0 Å². The average Bonchev–Trinajstić information content (AvgIpc) is 2.60. The number of aryl methyl sites for hydroxylation is 1. The largest absolute Gasteiger partial charge is 0.349 e. The van der Waals surface area contributed by atoms with Crippen LogP contribution in [-0.2, 0) is 16.0 Å². The summed E-state index contributed by atoms with van der Waals surface area (Å²) in [6.45, 7) is 2.04. The summed E-state index contributed by atoms with van der Waals surface area (Å²) in [5.74, 6) is 1.38. The Labute approximate surface area is 167 Å². The first-order valence-corrected chi connectivity index (χ1v) is 10.00. The van der Waals surface area contributed by atoms with Crippen LogP contribution >= 0.6 is 12.4 Å². The number of nitrogens with two attached hydrogens (primary N) is 1. The van der Waals surface area contributed by atoms with Crippen LogP contribution < -0.4 is 16.4 Å². The molecule has 2 amide bonds. The van der Waals surface area contributed by atoms with Gasteiger partial charge in [-0.15, -0.1) is 12.4 Å². The Bertz CT molecular complexity index is 709. The Morgan fingerprint density at radius 3 is 2.63 bits per heavy atom. The topological polar surface area (TPSA) is 84.2 Å². The number of carbonyl (C=O) groups is 2. The molecule has 1 aromatic rings. The quantitative estimate of drug-likeness (QED) is 0.738. The van der Waals surface area contributed by atoms with E-state index in [1.54, 1.807) is 0 Å². The van der Waals surface area contributed by atoms with Gasteiger partial charge in [0.15, 0.2) is 0 Å². The van der Waals surface area contributed by atoms with Gasteiger partial charge in [0.1, 0.15) is 0 Å². The van der Waals surface area contributed by atoms with Gasteiger partial charge in [0.05, 0.1) is 6.04 Å². The molecular weight excluding hydrogens is 362 g/mol. The number of hydrogen-bond acceptors (Lipinski definition) is 3. The van der Waals surface area contributed by atoms with Crippen molar-refractivity contribution in [2.75, 3.05) is 5.32 Å². The Morgan fingerprint density at radius 1 is 1.22 bits per heavy atom. The molecule has 3 atom stereocenters. The maximum atomic E-state index is 12.8. The van der Waals surface area contributed by atoms with Crippen LogP contribution in [-0.4, -0.2) is 17.9 Å². The number of amides is 2. The number of fused-ring (bicyclic) bond motifs is 3. The standard InChI is InChI=1S/C21H29N3O2.ClH/c1-12(13-5-7-18-14(9-13)6-8-19(25)24-18)23-21(26)17-10-15-3-2-4-16(11-17)20(15)22;/h5,7,9,12,15-17,20H,2-4,6,8,10-11,22H2,1H3,(H,23,26)(H,24,25);1H. The molecule has 6 heteroatoms. The van der Waals surface area contributed by atoms with Gasteiger partial charge in [0.2, 0.25) is 11.8 Å². The van der Waals surface area contributed by atoms with Crippen LogP contribution in [0.15, 0.2) is 18.2 Å². The minimum absolute atomic E-state index is 0. The third-order valence-electron chi connectivity index (χ3n) is 6.67. The third kappa shape index (κ3) is 4.14. The molecule has 0 radical (unpaired) electrons.